The van der Waals surface area contributed by atoms with Gasteiger partial charge in [-0.1, -0.05) is 36.7 Å². The van der Waals surface area contributed by atoms with Gasteiger partial charge >= 0.3 is 6.16 Å². The fraction of sp³-hybridized carbons (Fsp3) is 0.938. The van der Waals surface area contributed by atoms with Crippen LogP contribution >= 0.6 is 15.9 Å². The van der Waals surface area contributed by atoms with Gasteiger partial charge in [0, 0.05) is 10.7 Å². The number of alkyl halides is 1. The van der Waals surface area contributed by atoms with Crippen molar-refractivity contribution in [3.8, 4) is 0 Å². The Bertz CT molecular complexity index is 435. The van der Waals surface area contributed by atoms with Crippen molar-refractivity contribution in [3.63, 3.8) is 0 Å². The minimum Gasteiger partial charge on any atom is -0.434 e. The van der Waals surface area contributed by atoms with Crippen molar-refractivity contribution in [1.82, 2.24) is 0 Å². The van der Waals surface area contributed by atoms with Crippen molar-refractivity contribution in [1.29, 1.82) is 0 Å². The number of ether oxygens (including phenoxy) is 2. The van der Waals surface area contributed by atoms with E-state index in [4.69, 9.17) is 9.47 Å². The van der Waals surface area contributed by atoms with Crippen LogP contribution in [0.25, 0.3) is 0 Å². The standard InChI is InChI=1S/C16H25BrO3/c1-14(2)10-5-8-16(4)11(9-19-13(18)20-16)15(10,3)7-6-12(14)17/h10-12H,5-9H2,1-4H3/t10-,11-,12-,15-,16+/m0/s1. The van der Waals surface area contributed by atoms with E-state index in [0.717, 1.165) is 12.8 Å². The van der Waals surface area contributed by atoms with E-state index in [9.17, 15) is 4.79 Å². The Kier molecular flexibility index (Phi) is 3.21. The summed E-state index contributed by atoms with van der Waals surface area (Å²) >= 11 is 3.89. The molecule has 0 bridgehead atoms. The first-order valence-corrected chi connectivity index (χ1v) is 8.61. The highest BCUT2D eigenvalue weighted by molar-refractivity contribution is 9.09. The smallest absolute Gasteiger partial charge is 0.434 e. The molecule has 0 unspecified atom stereocenters. The molecule has 3 fully saturated rings. The van der Waals surface area contributed by atoms with Crippen LogP contribution in [-0.4, -0.2) is 23.2 Å². The number of rotatable bonds is 0. The summed E-state index contributed by atoms with van der Waals surface area (Å²) in [4.78, 5) is 12.1. The third-order valence-electron chi connectivity index (χ3n) is 6.58. The Labute approximate surface area is 129 Å². The highest BCUT2D eigenvalue weighted by Crippen LogP contribution is 2.64. The van der Waals surface area contributed by atoms with E-state index in [1.807, 2.05) is 0 Å². The number of halogens is 1. The quantitative estimate of drug-likeness (QED) is 0.478. The highest BCUT2D eigenvalue weighted by Gasteiger charge is 2.63. The number of fused-ring (bicyclic) bond motifs is 3. The van der Waals surface area contributed by atoms with Crippen molar-refractivity contribution >= 4 is 22.1 Å². The largest absolute Gasteiger partial charge is 0.508 e. The lowest BCUT2D eigenvalue weighted by molar-refractivity contribution is -0.213. The van der Waals surface area contributed by atoms with Gasteiger partial charge in [0.05, 0.1) is 0 Å². The minimum atomic E-state index is -0.487. The molecule has 3 nitrogen and oxygen atoms in total. The summed E-state index contributed by atoms with van der Waals surface area (Å²) < 4.78 is 10.9. The Hall–Kier alpha value is -0.250. The van der Waals surface area contributed by atoms with Gasteiger partial charge in [-0.2, -0.15) is 0 Å². The van der Waals surface area contributed by atoms with Gasteiger partial charge in [0.15, 0.2) is 0 Å². The summed E-state index contributed by atoms with van der Waals surface area (Å²) in [5.41, 5.74) is 0.132. The molecular formula is C16H25BrO3. The molecule has 2 aliphatic carbocycles. The van der Waals surface area contributed by atoms with Crippen molar-refractivity contribution in [2.75, 3.05) is 6.61 Å². The Balaban J connectivity index is 1.97. The Morgan fingerprint density at radius 2 is 1.80 bits per heavy atom. The van der Waals surface area contributed by atoms with Gasteiger partial charge in [0.2, 0.25) is 0 Å². The average Bonchev–Trinajstić information content (AvgIpc) is 2.33. The van der Waals surface area contributed by atoms with E-state index in [0.29, 0.717) is 23.3 Å². The molecule has 0 aromatic heterocycles. The molecule has 0 N–H and O–H groups in total. The molecule has 2 saturated carbocycles. The molecule has 0 aromatic rings. The van der Waals surface area contributed by atoms with E-state index in [-0.39, 0.29) is 16.4 Å². The van der Waals surface area contributed by atoms with E-state index < -0.39 is 6.16 Å². The maximum atomic E-state index is 11.5. The van der Waals surface area contributed by atoms with Crippen LogP contribution in [0.2, 0.25) is 0 Å². The highest BCUT2D eigenvalue weighted by atomic mass is 79.9. The van der Waals surface area contributed by atoms with Crippen LogP contribution < -0.4 is 0 Å². The lowest BCUT2D eigenvalue weighted by Gasteiger charge is -2.63. The topological polar surface area (TPSA) is 35.5 Å². The molecule has 0 aromatic carbocycles. The van der Waals surface area contributed by atoms with Crippen LogP contribution in [0.5, 0.6) is 0 Å². The number of cyclic esters (lactones) is 1. The van der Waals surface area contributed by atoms with Crippen LogP contribution in [0.3, 0.4) is 0 Å². The monoisotopic (exact) mass is 344 g/mol. The summed E-state index contributed by atoms with van der Waals surface area (Å²) in [5, 5.41) is 0. The summed E-state index contributed by atoms with van der Waals surface area (Å²) in [6.07, 6.45) is 3.96. The second-order valence-corrected chi connectivity index (χ2v) is 9.06. The predicted molar refractivity (Wildman–Crippen MR) is 80.9 cm³/mol. The third-order valence-corrected chi connectivity index (χ3v) is 8.22. The second-order valence-electron chi connectivity index (χ2n) is 7.95. The fourth-order valence-corrected chi connectivity index (χ4v) is 5.88. The SMILES string of the molecule is CC1(C)[C@@H](Br)CC[C@@]2(C)[C@H]1CC[C@@]1(C)OC(=O)OC[C@@H]21. The lowest BCUT2D eigenvalue weighted by Crippen LogP contribution is -2.63. The average molecular weight is 345 g/mol. The van der Waals surface area contributed by atoms with Crippen molar-refractivity contribution in [2.24, 2.45) is 22.7 Å². The summed E-state index contributed by atoms with van der Waals surface area (Å²) in [6, 6.07) is 0. The number of hydrogen-bond donors (Lipinski definition) is 0. The zero-order chi connectivity index (χ0) is 14.8. The van der Waals surface area contributed by atoms with Gasteiger partial charge in [0.1, 0.15) is 12.2 Å². The second kappa shape index (κ2) is 4.37. The maximum Gasteiger partial charge on any atom is 0.508 e. The van der Waals surface area contributed by atoms with Gasteiger partial charge in [0.25, 0.3) is 0 Å². The van der Waals surface area contributed by atoms with E-state index in [2.05, 4.69) is 43.6 Å². The summed E-state index contributed by atoms with van der Waals surface area (Å²) in [6.45, 7) is 9.78. The van der Waals surface area contributed by atoms with Gasteiger partial charge in [-0.15, -0.1) is 0 Å². The zero-order valence-corrected chi connectivity index (χ0v) is 14.5. The molecular weight excluding hydrogens is 320 g/mol. The summed E-state index contributed by atoms with van der Waals surface area (Å²) in [5.74, 6) is 0.956. The fourth-order valence-electron chi connectivity index (χ4n) is 5.33. The first kappa shape index (κ1) is 14.7. The Morgan fingerprint density at radius 3 is 2.50 bits per heavy atom. The molecule has 0 spiro atoms. The molecule has 3 rings (SSSR count). The van der Waals surface area contributed by atoms with Crippen molar-refractivity contribution in [2.45, 2.75) is 63.8 Å². The third kappa shape index (κ3) is 1.86. The molecule has 4 heteroatoms. The van der Waals surface area contributed by atoms with E-state index in [1.54, 1.807) is 0 Å². The van der Waals surface area contributed by atoms with Crippen LogP contribution in [0, 0.1) is 22.7 Å². The van der Waals surface area contributed by atoms with Gasteiger partial charge in [-0.05, 0) is 49.4 Å². The number of carbonyl (C=O) groups excluding carboxylic acids is 1. The first-order valence-electron chi connectivity index (χ1n) is 7.70. The van der Waals surface area contributed by atoms with Gasteiger partial charge in [-0.25, -0.2) is 4.79 Å². The van der Waals surface area contributed by atoms with Crippen LogP contribution in [0.4, 0.5) is 4.79 Å². The van der Waals surface area contributed by atoms with Crippen LogP contribution in [-0.2, 0) is 9.47 Å². The molecule has 1 heterocycles. The summed E-state index contributed by atoms with van der Waals surface area (Å²) in [7, 11) is 0. The van der Waals surface area contributed by atoms with Crippen molar-refractivity contribution in [3.05, 3.63) is 0 Å². The molecule has 3 aliphatic rings. The number of hydrogen-bond acceptors (Lipinski definition) is 3. The molecule has 1 aliphatic heterocycles. The van der Waals surface area contributed by atoms with E-state index in [1.165, 1.54) is 12.8 Å². The zero-order valence-electron chi connectivity index (χ0n) is 12.9. The molecule has 0 radical (unpaired) electrons. The predicted octanol–water partition coefficient (Wildman–Crippen LogP) is 4.53. The lowest BCUT2D eigenvalue weighted by atomic mass is 9.45. The number of carbonyl (C=O) groups is 1. The molecule has 1 saturated heterocycles. The van der Waals surface area contributed by atoms with Gasteiger partial charge < -0.3 is 9.47 Å². The van der Waals surface area contributed by atoms with Crippen LogP contribution in [0.15, 0.2) is 0 Å². The van der Waals surface area contributed by atoms with Crippen molar-refractivity contribution < 1.29 is 14.3 Å². The van der Waals surface area contributed by atoms with E-state index >= 15 is 0 Å². The molecule has 114 valence electrons. The Morgan fingerprint density at radius 1 is 1.10 bits per heavy atom. The van der Waals surface area contributed by atoms with Crippen LogP contribution in [0.1, 0.15) is 53.4 Å². The minimum absolute atomic E-state index is 0.196. The molecule has 0 amide bonds. The molecule has 20 heavy (non-hydrogen) atoms. The van der Waals surface area contributed by atoms with Gasteiger partial charge in [-0.3, -0.25) is 0 Å². The first-order chi connectivity index (χ1) is 9.20. The molecule has 5 atom stereocenters. The normalized spacial score (nSPS) is 50.5. The maximum absolute atomic E-state index is 11.5.